The molecule has 0 bridgehead atoms. The van der Waals surface area contributed by atoms with E-state index in [1.807, 2.05) is 31.2 Å². The van der Waals surface area contributed by atoms with Crippen LogP contribution in [0.3, 0.4) is 0 Å². The molecule has 0 spiro atoms. The molecule has 29 heavy (non-hydrogen) atoms. The standard InChI is InChI=1S/C23H23N3O3/c1-2-3-11-25-22(28)19-13-17-16-9-4-5-10-18(16)24-20(17)21(26(19)23(25)29)14-7-6-8-15(27)12-14/h4-10,12,19,21,24,27H,2-3,11,13H2,1H3/t19-,21+/m1/s1. The van der Waals surface area contributed by atoms with Crippen molar-refractivity contribution >= 4 is 22.8 Å². The van der Waals surface area contributed by atoms with Gasteiger partial charge in [0.25, 0.3) is 5.91 Å². The molecular formula is C23H23N3O3. The smallest absolute Gasteiger partial charge is 0.328 e. The fourth-order valence-corrected chi connectivity index (χ4v) is 4.69. The molecule has 6 heteroatoms. The number of phenolic OH excluding ortho intramolecular Hbond substituents is 1. The summed E-state index contributed by atoms with van der Waals surface area (Å²) in [5.41, 5.74) is 3.78. The maximum Gasteiger partial charge on any atom is 0.328 e. The summed E-state index contributed by atoms with van der Waals surface area (Å²) in [5.74, 6) is 0.0210. The van der Waals surface area contributed by atoms with E-state index in [1.165, 1.54) is 4.90 Å². The largest absolute Gasteiger partial charge is 0.508 e. The Morgan fingerprint density at radius 2 is 1.97 bits per heavy atom. The van der Waals surface area contributed by atoms with Gasteiger partial charge in [-0.15, -0.1) is 0 Å². The molecule has 1 aromatic heterocycles. The molecule has 3 heterocycles. The number of carbonyl (C=O) groups excluding carboxylic acids is 2. The minimum absolute atomic E-state index is 0.121. The van der Waals surface area contributed by atoms with Crippen LogP contribution in [0.2, 0.25) is 0 Å². The highest BCUT2D eigenvalue weighted by Crippen LogP contribution is 2.44. The highest BCUT2D eigenvalue weighted by molar-refractivity contribution is 6.05. The molecule has 0 aliphatic carbocycles. The molecule has 3 amide bonds. The lowest BCUT2D eigenvalue weighted by Crippen LogP contribution is -2.44. The summed E-state index contributed by atoms with van der Waals surface area (Å²) >= 11 is 0. The molecule has 3 aromatic rings. The number of amides is 3. The van der Waals surface area contributed by atoms with E-state index in [2.05, 4.69) is 11.1 Å². The van der Waals surface area contributed by atoms with Crippen molar-refractivity contribution in [1.82, 2.24) is 14.8 Å². The van der Waals surface area contributed by atoms with Crippen LogP contribution in [-0.4, -0.2) is 44.4 Å². The van der Waals surface area contributed by atoms with E-state index in [0.29, 0.717) is 13.0 Å². The Labute approximate surface area is 168 Å². The number of nitrogens with zero attached hydrogens (tertiary/aromatic N) is 2. The number of unbranched alkanes of at least 4 members (excludes halogenated alkanes) is 1. The maximum absolute atomic E-state index is 13.3. The number of urea groups is 1. The molecule has 2 aromatic carbocycles. The quantitative estimate of drug-likeness (QED) is 0.664. The predicted octanol–water partition coefficient (Wildman–Crippen LogP) is 3.95. The minimum atomic E-state index is -0.515. The van der Waals surface area contributed by atoms with Crippen molar-refractivity contribution < 1.29 is 14.7 Å². The molecule has 0 radical (unpaired) electrons. The zero-order chi connectivity index (χ0) is 20.1. The lowest BCUT2D eigenvalue weighted by atomic mass is 9.89. The highest BCUT2D eigenvalue weighted by atomic mass is 16.3. The van der Waals surface area contributed by atoms with Gasteiger partial charge in [0.1, 0.15) is 17.8 Å². The van der Waals surface area contributed by atoms with E-state index < -0.39 is 12.1 Å². The van der Waals surface area contributed by atoms with Gasteiger partial charge >= 0.3 is 6.03 Å². The van der Waals surface area contributed by atoms with Gasteiger partial charge in [0, 0.05) is 29.6 Å². The number of imide groups is 1. The minimum Gasteiger partial charge on any atom is -0.508 e. The van der Waals surface area contributed by atoms with Crippen LogP contribution in [0.4, 0.5) is 4.79 Å². The van der Waals surface area contributed by atoms with Gasteiger partial charge in [-0.3, -0.25) is 14.6 Å². The first kappa shape index (κ1) is 17.8. The van der Waals surface area contributed by atoms with E-state index >= 15 is 0 Å². The van der Waals surface area contributed by atoms with Gasteiger partial charge in [-0.05, 0) is 35.7 Å². The second-order valence-corrected chi connectivity index (χ2v) is 7.81. The molecule has 2 atom stereocenters. The molecule has 1 fully saturated rings. The van der Waals surface area contributed by atoms with Crippen molar-refractivity contribution in [1.29, 1.82) is 0 Å². The van der Waals surface area contributed by atoms with Gasteiger partial charge in [0.15, 0.2) is 0 Å². The number of aromatic nitrogens is 1. The van der Waals surface area contributed by atoms with E-state index in [1.54, 1.807) is 23.1 Å². The number of aromatic amines is 1. The van der Waals surface area contributed by atoms with E-state index in [-0.39, 0.29) is 17.7 Å². The van der Waals surface area contributed by atoms with Crippen LogP contribution in [0.15, 0.2) is 48.5 Å². The average molecular weight is 389 g/mol. The highest BCUT2D eigenvalue weighted by Gasteiger charge is 2.52. The molecule has 0 saturated carbocycles. The summed E-state index contributed by atoms with van der Waals surface area (Å²) in [6.45, 7) is 2.49. The molecule has 5 rings (SSSR count). The topological polar surface area (TPSA) is 76.6 Å². The molecule has 6 nitrogen and oxygen atoms in total. The summed E-state index contributed by atoms with van der Waals surface area (Å²) in [4.78, 5) is 33.1. The Kier molecular flexibility index (Phi) is 4.08. The number of H-pyrrole nitrogens is 1. The van der Waals surface area contributed by atoms with Crippen molar-refractivity contribution in [2.75, 3.05) is 6.54 Å². The van der Waals surface area contributed by atoms with Crippen LogP contribution in [0.1, 0.15) is 42.6 Å². The first-order valence-electron chi connectivity index (χ1n) is 10.1. The monoisotopic (exact) mass is 389 g/mol. The van der Waals surface area contributed by atoms with Crippen molar-refractivity contribution in [2.45, 2.75) is 38.3 Å². The van der Waals surface area contributed by atoms with Gasteiger partial charge < -0.3 is 10.1 Å². The Balaban J connectivity index is 1.69. The van der Waals surface area contributed by atoms with Crippen LogP contribution >= 0.6 is 0 Å². The van der Waals surface area contributed by atoms with Crippen LogP contribution < -0.4 is 0 Å². The van der Waals surface area contributed by atoms with Crippen LogP contribution in [0.5, 0.6) is 5.75 Å². The Hall–Kier alpha value is -3.28. The summed E-state index contributed by atoms with van der Waals surface area (Å²) in [6.07, 6.45) is 2.21. The number of rotatable bonds is 4. The van der Waals surface area contributed by atoms with Gasteiger partial charge in [-0.25, -0.2) is 4.79 Å². The summed E-state index contributed by atoms with van der Waals surface area (Å²) in [6, 6.07) is 13.8. The zero-order valence-corrected chi connectivity index (χ0v) is 16.3. The lowest BCUT2D eigenvalue weighted by molar-refractivity contribution is -0.128. The molecule has 0 unspecified atom stereocenters. The van der Waals surface area contributed by atoms with E-state index in [9.17, 15) is 14.7 Å². The van der Waals surface area contributed by atoms with Gasteiger partial charge in [0.05, 0.1) is 0 Å². The molecular weight excluding hydrogens is 366 g/mol. The van der Waals surface area contributed by atoms with Crippen LogP contribution in [-0.2, 0) is 11.2 Å². The second kappa shape index (κ2) is 6.65. The lowest BCUT2D eigenvalue weighted by Gasteiger charge is -2.36. The first-order valence-corrected chi connectivity index (χ1v) is 10.1. The average Bonchev–Trinajstić information content (AvgIpc) is 3.20. The normalized spacial score (nSPS) is 21.0. The number of fused-ring (bicyclic) bond motifs is 4. The summed E-state index contributed by atoms with van der Waals surface area (Å²) < 4.78 is 0. The number of carbonyl (C=O) groups is 2. The first-order chi connectivity index (χ1) is 14.1. The Morgan fingerprint density at radius 3 is 2.76 bits per heavy atom. The third-order valence-corrected chi connectivity index (χ3v) is 6.06. The zero-order valence-electron chi connectivity index (χ0n) is 16.3. The van der Waals surface area contributed by atoms with Crippen molar-refractivity contribution in [3.05, 3.63) is 65.4 Å². The second-order valence-electron chi connectivity index (χ2n) is 7.81. The Morgan fingerprint density at radius 1 is 1.14 bits per heavy atom. The fourth-order valence-electron chi connectivity index (χ4n) is 4.69. The number of benzene rings is 2. The third-order valence-electron chi connectivity index (χ3n) is 6.06. The van der Waals surface area contributed by atoms with Gasteiger partial charge in [0.2, 0.25) is 0 Å². The predicted molar refractivity (Wildman–Crippen MR) is 110 cm³/mol. The van der Waals surface area contributed by atoms with Crippen molar-refractivity contribution in [3.63, 3.8) is 0 Å². The SMILES string of the molecule is CCCCN1C(=O)[C@H]2Cc3c([nH]c4ccccc34)[C@H](c3cccc(O)c3)N2C1=O. The molecule has 2 N–H and O–H groups in total. The number of para-hydroxylation sites is 1. The number of nitrogens with one attached hydrogen (secondary N) is 1. The van der Waals surface area contributed by atoms with Crippen molar-refractivity contribution in [2.24, 2.45) is 0 Å². The fraction of sp³-hybridized carbons (Fsp3) is 0.304. The van der Waals surface area contributed by atoms with Crippen molar-refractivity contribution in [3.8, 4) is 5.75 Å². The Bertz CT molecular complexity index is 1120. The number of phenols is 1. The number of aromatic hydroxyl groups is 1. The summed E-state index contributed by atoms with van der Waals surface area (Å²) in [7, 11) is 0. The third kappa shape index (κ3) is 2.63. The number of hydrogen-bond donors (Lipinski definition) is 2. The molecule has 2 aliphatic heterocycles. The molecule has 148 valence electrons. The molecule has 1 saturated heterocycles. The molecule has 2 aliphatic rings. The number of hydrogen-bond acceptors (Lipinski definition) is 3. The van der Waals surface area contributed by atoms with Gasteiger partial charge in [-0.1, -0.05) is 43.7 Å². The van der Waals surface area contributed by atoms with Crippen LogP contribution in [0.25, 0.3) is 10.9 Å². The summed E-state index contributed by atoms with van der Waals surface area (Å²) in [5, 5.41) is 11.1. The van der Waals surface area contributed by atoms with Crippen LogP contribution in [0, 0.1) is 0 Å². The van der Waals surface area contributed by atoms with Gasteiger partial charge in [-0.2, -0.15) is 0 Å². The van der Waals surface area contributed by atoms with E-state index in [4.69, 9.17) is 0 Å². The maximum atomic E-state index is 13.3. The van der Waals surface area contributed by atoms with E-state index in [0.717, 1.165) is 40.6 Å².